The molecule has 1 aromatic carbocycles. The Morgan fingerprint density at radius 2 is 2.10 bits per heavy atom. The van der Waals surface area contributed by atoms with Crippen molar-refractivity contribution in [2.75, 3.05) is 5.32 Å². The molecule has 0 radical (unpaired) electrons. The van der Waals surface area contributed by atoms with Crippen molar-refractivity contribution in [2.45, 2.75) is 13.0 Å². The number of nitriles is 1. The maximum atomic E-state index is 10.7. The molecule has 2 rings (SSSR count). The van der Waals surface area contributed by atoms with Gasteiger partial charge < -0.3 is 5.32 Å². The summed E-state index contributed by atoms with van der Waals surface area (Å²) in [6.07, 6.45) is 1.21. The van der Waals surface area contributed by atoms with Crippen LogP contribution in [-0.4, -0.2) is 9.91 Å². The zero-order chi connectivity index (χ0) is 15.4. The van der Waals surface area contributed by atoms with Gasteiger partial charge in [-0.3, -0.25) is 10.1 Å². The Labute approximate surface area is 129 Å². The van der Waals surface area contributed by atoms with E-state index in [0.717, 1.165) is 5.56 Å². The molecule has 0 saturated carbocycles. The molecule has 0 saturated heterocycles. The molecule has 1 heterocycles. The van der Waals surface area contributed by atoms with E-state index in [4.69, 9.17) is 5.26 Å². The maximum Gasteiger partial charge on any atom is 0.288 e. The van der Waals surface area contributed by atoms with Crippen LogP contribution in [0.3, 0.4) is 0 Å². The van der Waals surface area contributed by atoms with Crippen molar-refractivity contribution in [3.8, 4) is 6.07 Å². The molecule has 0 fully saturated rings. The topological polar surface area (TPSA) is 91.8 Å². The molecule has 1 aromatic heterocycles. The number of benzene rings is 1. The van der Waals surface area contributed by atoms with E-state index in [-0.39, 0.29) is 11.7 Å². The number of aromatic nitrogens is 1. The molecule has 21 heavy (non-hydrogen) atoms. The fourth-order valence-corrected chi connectivity index (χ4v) is 2.22. The second-order valence-corrected chi connectivity index (χ2v) is 5.24. The third-order valence-electron chi connectivity index (χ3n) is 2.93. The summed E-state index contributed by atoms with van der Waals surface area (Å²) in [4.78, 5) is 14.2. The Kier molecular flexibility index (Phi) is 4.50. The Bertz CT molecular complexity index is 710. The predicted molar refractivity (Wildman–Crippen MR) is 81.8 cm³/mol. The van der Waals surface area contributed by atoms with Crippen molar-refractivity contribution in [3.05, 3.63) is 62.2 Å². The molecule has 0 aliphatic rings. The minimum atomic E-state index is -0.494. The number of pyridine rings is 1. The first-order chi connectivity index (χ1) is 10.0. The van der Waals surface area contributed by atoms with Gasteiger partial charge in [0.2, 0.25) is 0 Å². The van der Waals surface area contributed by atoms with E-state index in [0.29, 0.717) is 15.9 Å². The van der Waals surface area contributed by atoms with Gasteiger partial charge in [-0.25, -0.2) is 4.98 Å². The van der Waals surface area contributed by atoms with Gasteiger partial charge in [-0.05, 0) is 40.5 Å². The molecule has 1 unspecified atom stereocenters. The van der Waals surface area contributed by atoms with Crippen LogP contribution in [0.15, 0.2) is 41.0 Å². The van der Waals surface area contributed by atoms with Crippen molar-refractivity contribution in [2.24, 2.45) is 0 Å². The molecular formula is C14H11BrN4O2. The Hall–Kier alpha value is -2.46. The zero-order valence-corrected chi connectivity index (χ0v) is 12.7. The molecule has 0 spiro atoms. The summed E-state index contributed by atoms with van der Waals surface area (Å²) in [5, 5.41) is 22.6. The van der Waals surface area contributed by atoms with Crippen molar-refractivity contribution < 1.29 is 4.92 Å². The van der Waals surface area contributed by atoms with Crippen LogP contribution in [0.1, 0.15) is 24.1 Å². The van der Waals surface area contributed by atoms with Gasteiger partial charge in [-0.15, -0.1) is 0 Å². The first-order valence-corrected chi connectivity index (χ1v) is 6.87. The number of halogens is 1. The SMILES string of the molecule is CC(Nc1ncc([N+](=O)[O-])cc1Br)c1ccc(C#N)cc1. The van der Waals surface area contributed by atoms with Gasteiger partial charge in [-0.2, -0.15) is 5.26 Å². The van der Waals surface area contributed by atoms with Gasteiger partial charge in [0.1, 0.15) is 12.0 Å². The number of nitrogens with zero attached hydrogens (tertiary/aromatic N) is 3. The Balaban J connectivity index is 2.17. The molecular weight excluding hydrogens is 336 g/mol. The average Bonchev–Trinajstić information content (AvgIpc) is 2.49. The third-order valence-corrected chi connectivity index (χ3v) is 3.54. The molecule has 0 amide bonds. The van der Waals surface area contributed by atoms with E-state index in [1.165, 1.54) is 12.3 Å². The van der Waals surface area contributed by atoms with Crippen molar-refractivity contribution >= 4 is 27.4 Å². The number of anilines is 1. The van der Waals surface area contributed by atoms with Crippen LogP contribution in [0.2, 0.25) is 0 Å². The van der Waals surface area contributed by atoms with Gasteiger partial charge in [0.05, 0.1) is 21.0 Å². The normalized spacial score (nSPS) is 11.5. The van der Waals surface area contributed by atoms with Crippen LogP contribution in [0.4, 0.5) is 11.5 Å². The van der Waals surface area contributed by atoms with Gasteiger partial charge in [0, 0.05) is 12.1 Å². The second kappa shape index (κ2) is 6.33. The lowest BCUT2D eigenvalue weighted by atomic mass is 10.1. The molecule has 1 atom stereocenters. The average molecular weight is 347 g/mol. The van der Waals surface area contributed by atoms with E-state index in [2.05, 4.69) is 32.3 Å². The predicted octanol–water partition coefficient (Wildman–Crippen LogP) is 3.80. The molecule has 0 aliphatic carbocycles. The summed E-state index contributed by atoms with van der Waals surface area (Å²) in [6, 6.07) is 10.6. The lowest BCUT2D eigenvalue weighted by Gasteiger charge is -2.15. The summed E-state index contributed by atoms with van der Waals surface area (Å²) in [7, 11) is 0. The summed E-state index contributed by atoms with van der Waals surface area (Å²) < 4.78 is 0.525. The Morgan fingerprint density at radius 3 is 2.62 bits per heavy atom. The quantitative estimate of drug-likeness (QED) is 0.671. The molecule has 1 N–H and O–H groups in total. The zero-order valence-electron chi connectivity index (χ0n) is 11.1. The summed E-state index contributed by atoms with van der Waals surface area (Å²) in [5.41, 5.74) is 1.51. The highest BCUT2D eigenvalue weighted by Crippen LogP contribution is 2.27. The largest absolute Gasteiger partial charge is 0.363 e. The number of hydrogen-bond donors (Lipinski definition) is 1. The van der Waals surface area contributed by atoms with E-state index < -0.39 is 4.92 Å². The van der Waals surface area contributed by atoms with Gasteiger partial charge >= 0.3 is 0 Å². The number of rotatable bonds is 4. The molecule has 0 aliphatic heterocycles. The molecule has 6 nitrogen and oxygen atoms in total. The second-order valence-electron chi connectivity index (χ2n) is 4.38. The van der Waals surface area contributed by atoms with Crippen LogP contribution < -0.4 is 5.32 Å². The molecule has 106 valence electrons. The van der Waals surface area contributed by atoms with E-state index in [1.807, 2.05) is 19.1 Å². The highest BCUT2D eigenvalue weighted by atomic mass is 79.9. The van der Waals surface area contributed by atoms with Crippen molar-refractivity contribution in [1.29, 1.82) is 5.26 Å². The summed E-state index contributed by atoms with van der Waals surface area (Å²) in [5.74, 6) is 0.525. The van der Waals surface area contributed by atoms with Crippen molar-refractivity contribution in [3.63, 3.8) is 0 Å². The van der Waals surface area contributed by atoms with Gasteiger partial charge in [-0.1, -0.05) is 12.1 Å². The number of nitrogens with one attached hydrogen (secondary N) is 1. The van der Waals surface area contributed by atoms with Gasteiger partial charge in [0.25, 0.3) is 5.69 Å². The minimum Gasteiger partial charge on any atom is -0.363 e. The lowest BCUT2D eigenvalue weighted by molar-refractivity contribution is -0.385. The van der Waals surface area contributed by atoms with Crippen LogP contribution in [-0.2, 0) is 0 Å². The molecule has 7 heteroatoms. The maximum absolute atomic E-state index is 10.7. The summed E-state index contributed by atoms with van der Waals surface area (Å²) in [6.45, 7) is 1.94. The van der Waals surface area contributed by atoms with E-state index in [1.54, 1.807) is 12.1 Å². The molecule has 0 bridgehead atoms. The van der Waals surface area contributed by atoms with Crippen molar-refractivity contribution in [1.82, 2.24) is 4.98 Å². The van der Waals surface area contributed by atoms with E-state index >= 15 is 0 Å². The van der Waals surface area contributed by atoms with Crippen LogP contribution >= 0.6 is 15.9 Å². The highest BCUT2D eigenvalue weighted by molar-refractivity contribution is 9.10. The smallest absolute Gasteiger partial charge is 0.288 e. The van der Waals surface area contributed by atoms with Gasteiger partial charge in [0.15, 0.2) is 0 Å². The third kappa shape index (κ3) is 3.55. The number of hydrogen-bond acceptors (Lipinski definition) is 5. The standard InChI is InChI=1S/C14H11BrN4O2/c1-9(11-4-2-10(7-16)3-5-11)18-14-13(15)6-12(8-17-14)19(20)21/h2-6,8-9H,1H3,(H,17,18). The monoisotopic (exact) mass is 346 g/mol. The van der Waals surface area contributed by atoms with Crippen LogP contribution in [0, 0.1) is 21.4 Å². The first-order valence-electron chi connectivity index (χ1n) is 6.08. The van der Waals surface area contributed by atoms with E-state index in [9.17, 15) is 10.1 Å². The minimum absolute atomic E-state index is 0.0528. The van der Waals surface area contributed by atoms with Crippen LogP contribution in [0.25, 0.3) is 0 Å². The number of nitro groups is 1. The Morgan fingerprint density at radius 1 is 1.43 bits per heavy atom. The van der Waals surface area contributed by atoms with Crippen LogP contribution in [0.5, 0.6) is 0 Å². The lowest BCUT2D eigenvalue weighted by Crippen LogP contribution is -2.08. The molecule has 2 aromatic rings. The highest BCUT2D eigenvalue weighted by Gasteiger charge is 2.13. The fourth-order valence-electron chi connectivity index (χ4n) is 1.77. The first kappa shape index (κ1) is 14.9. The summed E-state index contributed by atoms with van der Waals surface area (Å²) >= 11 is 3.27. The fraction of sp³-hybridized carbons (Fsp3) is 0.143.